The van der Waals surface area contributed by atoms with Crippen LogP contribution in [-0.4, -0.2) is 41.6 Å². The normalized spacial score (nSPS) is 25.4. The molecule has 0 aliphatic carbocycles. The summed E-state index contributed by atoms with van der Waals surface area (Å²) in [5.41, 5.74) is 0. The van der Waals surface area contributed by atoms with Gasteiger partial charge in [-0.3, -0.25) is 10.1 Å². The van der Waals surface area contributed by atoms with Crippen molar-refractivity contribution in [2.45, 2.75) is 51.7 Å². The lowest BCUT2D eigenvalue weighted by Gasteiger charge is -2.23. The van der Waals surface area contributed by atoms with Gasteiger partial charge in [-0.05, 0) is 38.2 Å². The van der Waals surface area contributed by atoms with Crippen LogP contribution in [0.15, 0.2) is 0 Å². The minimum absolute atomic E-state index is 0.0112. The fourth-order valence-corrected chi connectivity index (χ4v) is 2.65. The van der Waals surface area contributed by atoms with Crippen molar-refractivity contribution in [2.75, 3.05) is 18.6 Å². The van der Waals surface area contributed by atoms with Crippen molar-refractivity contribution in [3.05, 3.63) is 0 Å². The number of amides is 1. The van der Waals surface area contributed by atoms with Gasteiger partial charge in [0.1, 0.15) is 0 Å². The van der Waals surface area contributed by atoms with Crippen LogP contribution in [0.25, 0.3) is 0 Å². The van der Waals surface area contributed by atoms with E-state index in [1.807, 2.05) is 23.6 Å². The van der Waals surface area contributed by atoms with Crippen molar-refractivity contribution in [3.63, 3.8) is 0 Å². The van der Waals surface area contributed by atoms with E-state index >= 15 is 0 Å². The van der Waals surface area contributed by atoms with Crippen LogP contribution >= 0.6 is 11.8 Å². The molecule has 2 unspecified atom stereocenters. The van der Waals surface area contributed by atoms with Crippen molar-refractivity contribution >= 4 is 17.7 Å². The number of nitrogens with zero attached hydrogens (tertiary/aromatic N) is 1. The summed E-state index contributed by atoms with van der Waals surface area (Å²) in [5, 5.41) is 3.37. The summed E-state index contributed by atoms with van der Waals surface area (Å²) in [6.45, 7) is 5.05. The van der Waals surface area contributed by atoms with E-state index in [4.69, 9.17) is 0 Å². The van der Waals surface area contributed by atoms with Crippen molar-refractivity contribution in [2.24, 2.45) is 0 Å². The summed E-state index contributed by atoms with van der Waals surface area (Å²) in [6, 6.07) is 0.0112. The number of rotatable bonds is 7. The van der Waals surface area contributed by atoms with Crippen molar-refractivity contribution < 1.29 is 4.79 Å². The van der Waals surface area contributed by atoms with Crippen LogP contribution in [0.2, 0.25) is 0 Å². The van der Waals surface area contributed by atoms with Gasteiger partial charge < -0.3 is 4.90 Å². The number of nitrogens with one attached hydrogen (secondary N) is 1. The number of carbonyl (C=O) groups is 1. The van der Waals surface area contributed by atoms with Gasteiger partial charge in [-0.15, -0.1) is 0 Å². The highest BCUT2D eigenvalue weighted by atomic mass is 32.2. The fraction of sp³-hybridized carbons (Fsp3) is 0.917. The number of thioether (sulfide) groups is 1. The maximum absolute atomic E-state index is 11.9. The van der Waals surface area contributed by atoms with Crippen molar-refractivity contribution in [1.29, 1.82) is 0 Å². The van der Waals surface area contributed by atoms with E-state index in [9.17, 15) is 4.79 Å². The van der Waals surface area contributed by atoms with Gasteiger partial charge in [0, 0.05) is 6.54 Å². The fourth-order valence-electron chi connectivity index (χ4n) is 2.16. The molecule has 16 heavy (non-hydrogen) atoms. The molecule has 1 aliphatic heterocycles. The van der Waals surface area contributed by atoms with E-state index < -0.39 is 0 Å². The SMILES string of the molecule is CCCC1NC(C)C(=O)N1CCCCSC. The molecule has 0 saturated carbocycles. The first-order valence-corrected chi connectivity index (χ1v) is 7.65. The molecule has 4 heteroatoms. The second kappa shape index (κ2) is 7.17. The lowest BCUT2D eigenvalue weighted by molar-refractivity contribution is -0.129. The summed E-state index contributed by atoms with van der Waals surface area (Å²) < 4.78 is 0. The molecule has 0 aromatic carbocycles. The molecule has 1 heterocycles. The van der Waals surface area contributed by atoms with Gasteiger partial charge in [-0.1, -0.05) is 13.3 Å². The third-order valence-corrected chi connectivity index (χ3v) is 3.73. The highest BCUT2D eigenvalue weighted by Gasteiger charge is 2.34. The first kappa shape index (κ1) is 13.8. The molecule has 1 aliphatic rings. The van der Waals surface area contributed by atoms with Gasteiger partial charge in [-0.25, -0.2) is 0 Å². The van der Waals surface area contributed by atoms with Gasteiger partial charge in [0.25, 0.3) is 0 Å². The van der Waals surface area contributed by atoms with Gasteiger partial charge in [0.15, 0.2) is 0 Å². The highest BCUT2D eigenvalue weighted by molar-refractivity contribution is 7.98. The Morgan fingerprint density at radius 2 is 2.19 bits per heavy atom. The van der Waals surface area contributed by atoms with Crippen LogP contribution < -0.4 is 5.32 Å². The molecule has 3 nitrogen and oxygen atoms in total. The molecule has 1 amide bonds. The van der Waals surface area contributed by atoms with Crippen molar-refractivity contribution in [3.8, 4) is 0 Å². The maximum Gasteiger partial charge on any atom is 0.240 e. The minimum Gasteiger partial charge on any atom is -0.326 e. The number of hydrogen-bond donors (Lipinski definition) is 1. The van der Waals surface area contributed by atoms with E-state index in [1.54, 1.807) is 0 Å². The lowest BCUT2D eigenvalue weighted by atomic mass is 10.2. The molecule has 1 saturated heterocycles. The highest BCUT2D eigenvalue weighted by Crippen LogP contribution is 2.16. The quantitative estimate of drug-likeness (QED) is 0.696. The second-order valence-electron chi connectivity index (χ2n) is 4.42. The maximum atomic E-state index is 11.9. The van der Waals surface area contributed by atoms with Gasteiger partial charge in [0.2, 0.25) is 5.91 Å². The molecule has 0 aromatic heterocycles. The molecule has 1 N–H and O–H groups in total. The molecule has 94 valence electrons. The Labute approximate surface area is 103 Å². The van der Waals surface area contributed by atoms with Crippen LogP contribution in [0.3, 0.4) is 0 Å². The molecule has 2 atom stereocenters. The third-order valence-electron chi connectivity index (χ3n) is 3.03. The average Bonchev–Trinajstić information content (AvgIpc) is 2.52. The third kappa shape index (κ3) is 3.67. The Morgan fingerprint density at radius 3 is 2.81 bits per heavy atom. The summed E-state index contributed by atoms with van der Waals surface area (Å²) in [7, 11) is 0. The predicted octanol–water partition coefficient (Wildman–Crippen LogP) is 2.08. The van der Waals surface area contributed by atoms with Crippen LogP contribution in [0.4, 0.5) is 0 Å². The van der Waals surface area contributed by atoms with E-state index in [0.717, 1.165) is 25.8 Å². The first-order chi connectivity index (χ1) is 7.70. The smallest absolute Gasteiger partial charge is 0.240 e. The second-order valence-corrected chi connectivity index (χ2v) is 5.41. The Kier molecular flexibility index (Phi) is 6.21. The van der Waals surface area contributed by atoms with Crippen LogP contribution in [0.5, 0.6) is 0 Å². The van der Waals surface area contributed by atoms with E-state index in [2.05, 4.69) is 18.5 Å². The van der Waals surface area contributed by atoms with Gasteiger partial charge in [-0.2, -0.15) is 11.8 Å². The Balaban J connectivity index is 2.37. The van der Waals surface area contributed by atoms with Crippen LogP contribution in [0.1, 0.15) is 39.5 Å². The summed E-state index contributed by atoms with van der Waals surface area (Å²) in [4.78, 5) is 13.9. The molecule has 0 aromatic rings. The molecule has 0 radical (unpaired) electrons. The molecule has 1 fully saturated rings. The monoisotopic (exact) mass is 244 g/mol. The Bertz CT molecular complexity index is 223. The molecular formula is C12H24N2OS. The average molecular weight is 244 g/mol. The number of hydrogen-bond acceptors (Lipinski definition) is 3. The van der Waals surface area contributed by atoms with E-state index in [0.29, 0.717) is 0 Å². The zero-order valence-corrected chi connectivity index (χ0v) is 11.5. The summed E-state index contributed by atoms with van der Waals surface area (Å²) in [5.74, 6) is 1.48. The zero-order chi connectivity index (χ0) is 12.0. The van der Waals surface area contributed by atoms with Crippen molar-refractivity contribution in [1.82, 2.24) is 10.2 Å². The first-order valence-electron chi connectivity index (χ1n) is 6.26. The molecular weight excluding hydrogens is 220 g/mol. The predicted molar refractivity (Wildman–Crippen MR) is 70.6 cm³/mol. The van der Waals surface area contributed by atoms with E-state index in [1.165, 1.54) is 12.2 Å². The molecule has 0 bridgehead atoms. The van der Waals surface area contributed by atoms with E-state index in [-0.39, 0.29) is 18.1 Å². The Hall–Kier alpha value is -0.220. The molecule has 1 rings (SSSR count). The number of carbonyl (C=O) groups excluding carboxylic acids is 1. The van der Waals surface area contributed by atoms with Gasteiger partial charge in [0.05, 0.1) is 12.2 Å². The standard InChI is InChI=1S/C12H24N2OS/c1-4-7-11-13-10(2)12(15)14(11)8-5-6-9-16-3/h10-11,13H,4-9H2,1-3H3. The molecule has 0 spiro atoms. The number of unbranched alkanes of at least 4 members (excludes halogenated alkanes) is 1. The summed E-state index contributed by atoms with van der Waals surface area (Å²) in [6.07, 6.45) is 6.93. The lowest BCUT2D eigenvalue weighted by Crippen LogP contribution is -2.37. The topological polar surface area (TPSA) is 32.3 Å². The minimum atomic E-state index is 0.0112. The zero-order valence-electron chi connectivity index (χ0n) is 10.7. The van der Waals surface area contributed by atoms with Crippen LogP contribution in [-0.2, 0) is 4.79 Å². The van der Waals surface area contributed by atoms with Gasteiger partial charge >= 0.3 is 0 Å². The Morgan fingerprint density at radius 1 is 1.44 bits per heavy atom. The van der Waals surface area contributed by atoms with Crippen LogP contribution in [0, 0.1) is 0 Å². The summed E-state index contributed by atoms with van der Waals surface area (Å²) >= 11 is 1.88. The largest absolute Gasteiger partial charge is 0.326 e.